The van der Waals surface area contributed by atoms with Gasteiger partial charge in [-0.05, 0) is 24.3 Å². The van der Waals surface area contributed by atoms with Gasteiger partial charge in [0.15, 0.2) is 10.3 Å². The minimum absolute atomic E-state index is 0.261. The van der Waals surface area contributed by atoms with Crippen LogP contribution in [0.5, 0.6) is 11.5 Å². The number of quaternary nitrogens is 2. The fourth-order valence-electron chi connectivity index (χ4n) is 4.98. The van der Waals surface area contributed by atoms with Crippen LogP contribution in [0.15, 0.2) is 47.4 Å². The first-order chi connectivity index (χ1) is 18.6. The van der Waals surface area contributed by atoms with E-state index < -0.39 is 12.2 Å². The van der Waals surface area contributed by atoms with Crippen LogP contribution in [0.2, 0.25) is 0 Å². The van der Waals surface area contributed by atoms with Crippen molar-refractivity contribution in [3.63, 3.8) is 0 Å². The Labute approximate surface area is 231 Å². The van der Waals surface area contributed by atoms with Crippen molar-refractivity contribution in [3.05, 3.63) is 47.4 Å². The summed E-state index contributed by atoms with van der Waals surface area (Å²) in [5.41, 5.74) is 0. The van der Waals surface area contributed by atoms with Gasteiger partial charge in [-0.3, -0.25) is 0 Å². The lowest BCUT2D eigenvalue weighted by atomic mass is 10.2. The number of ether oxygens (including phenoxy) is 2. The predicted molar refractivity (Wildman–Crippen MR) is 149 cm³/mol. The number of anilines is 2. The average molecular weight is 563 g/mol. The SMILES string of the molecule is O[C@H](COc1ccc(OC[C@H](O)C[NH+]2CCN(c3nccs3)CC2)cc1)C[NH+]1CCN(c2nccs2)CC1. The number of aliphatic hydroxyl groups excluding tert-OH is 2. The zero-order chi connectivity index (χ0) is 26.2. The molecule has 0 saturated carbocycles. The molecule has 2 aliphatic heterocycles. The Morgan fingerprint density at radius 2 is 1.11 bits per heavy atom. The van der Waals surface area contributed by atoms with Gasteiger partial charge in [0.25, 0.3) is 0 Å². The number of hydrogen-bond acceptors (Lipinski definition) is 10. The maximum atomic E-state index is 10.5. The Morgan fingerprint density at radius 1 is 0.711 bits per heavy atom. The Balaban J connectivity index is 0.951. The van der Waals surface area contributed by atoms with E-state index in [-0.39, 0.29) is 13.2 Å². The lowest BCUT2D eigenvalue weighted by Gasteiger charge is -2.32. The standard InChI is InChI=1S/C26H36N6O4S2/c33-21(17-29-7-11-31(12-8-29)25-27-5-15-37-25)19-35-23-1-2-24(4-3-23)36-20-22(34)18-30-9-13-32(14-10-30)26-28-6-16-38-26/h1-6,15-16,21-22,33-34H,7-14,17-20H2/p+2/t21-,22+. The first-order valence-electron chi connectivity index (χ1n) is 13.3. The van der Waals surface area contributed by atoms with Gasteiger partial charge in [-0.25, -0.2) is 9.97 Å². The van der Waals surface area contributed by atoms with E-state index in [9.17, 15) is 10.2 Å². The molecule has 206 valence electrons. The van der Waals surface area contributed by atoms with Crippen molar-refractivity contribution in [3.8, 4) is 11.5 Å². The molecule has 0 aliphatic carbocycles. The fourth-order valence-corrected chi connectivity index (χ4v) is 6.38. The summed E-state index contributed by atoms with van der Waals surface area (Å²) in [6.45, 7) is 9.63. The van der Waals surface area contributed by atoms with Crippen molar-refractivity contribution in [1.29, 1.82) is 0 Å². The molecule has 2 atom stereocenters. The van der Waals surface area contributed by atoms with E-state index in [1.54, 1.807) is 22.7 Å². The Bertz CT molecular complexity index is 971. The van der Waals surface area contributed by atoms with Crippen LogP contribution in [0.4, 0.5) is 10.3 Å². The topological polar surface area (TPSA) is 100 Å². The first kappa shape index (κ1) is 27.1. The minimum atomic E-state index is -0.520. The van der Waals surface area contributed by atoms with E-state index in [1.165, 1.54) is 9.80 Å². The molecular formula is C26H38N6O4S2+2. The molecule has 3 aromatic rings. The molecule has 0 spiro atoms. The predicted octanol–water partition coefficient (Wildman–Crippen LogP) is -1.11. The summed E-state index contributed by atoms with van der Waals surface area (Å²) < 4.78 is 11.6. The van der Waals surface area contributed by atoms with Crippen LogP contribution in [0, 0.1) is 0 Å². The Kier molecular flexibility index (Phi) is 9.66. The lowest BCUT2D eigenvalue weighted by molar-refractivity contribution is -0.903. The average Bonchev–Trinajstić information content (AvgIpc) is 3.68. The number of thiazole rings is 2. The second-order valence-corrected chi connectivity index (χ2v) is 11.7. The molecular weight excluding hydrogens is 524 g/mol. The van der Waals surface area contributed by atoms with Crippen molar-refractivity contribution in [2.45, 2.75) is 12.2 Å². The second-order valence-electron chi connectivity index (χ2n) is 9.91. The van der Waals surface area contributed by atoms with Crippen molar-refractivity contribution < 1.29 is 29.5 Å². The molecule has 5 rings (SSSR count). The number of hydrogen-bond donors (Lipinski definition) is 4. The number of nitrogens with zero attached hydrogens (tertiary/aromatic N) is 4. The highest BCUT2D eigenvalue weighted by molar-refractivity contribution is 7.13. The van der Waals surface area contributed by atoms with Crippen LogP contribution >= 0.6 is 22.7 Å². The second kappa shape index (κ2) is 13.5. The van der Waals surface area contributed by atoms with E-state index in [1.807, 2.05) is 47.4 Å². The number of benzene rings is 1. The van der Waals surface area contributed by atoms with E-state index in [0.29, 0.717) is 24.6 Å². The van der Waals surface area contributed by atoms with E-state index in [4.69, 9.17) is 9.47 Å². The van der Waals surface area contributed by atoms with E-state index in [0.717, 1.165) is 62.6 Å². The van der Waals surface area contributed by atoms with Crippen molar-refractivity contribution in [2.24, 2.45) is 0 Å². The molecule has 0 amide bonds. The zero-order valence-electron chi connectivity index (χ0n) is 21.6. The summed E-state index contributed by atoms with van der Waals surface area (Å²) in [6, 6.07) is 7.38. The molecule has 4 heterocycles. The van der Waals surface area contributed by atoms with Crippen LogP contribution in [0.3, 0.4) is 0 Å². The highest BCUT2D eigenvalue weighted by Crippen LogP contribution is 2.19. The molecule has 1 aromatic carbocycles. The van der Waals surface area contributed by atoms with Gasteiger partial charge >= 0.3 is 0 Å². The molecule has 38 heavy (non-hydrogen) atoms. The summed E-state index contributed by atoms with van der Waals surface area (Å²) in [5, 5.41) is 27.1. The third-order valence-corrected chi connectivity index (χ3v) is 8.74. The van der Waals surface area contributed by atoms with Crippen LogP contribution < -0.4 is 29.1 Å². The molecule has 2 saturated heterocycles. The number of aromatic nitrogens is 2. The molecule has 0 unspecified atom stereocenters. The molecule has 12 heteroatoms. The summed E-state index contributed by atoms with van der Waals surface area (Å²) in [7, 11) is 0. The molecule has 0 radical (unpaired) electrons. The largest absolute Gasteiger partial charge is 0.491 e. The van der Waals surface area contributed by atoms with Crippen molar-refractivity contribution in [1.82, 2.24) is 9.97 Å². The summed E-state index contributed by atoms with van der Waals surface area (Å²) in [4.78, 5) is 16.2. The van der Waals surface area contributed by atoms with Gasteiger partial charge in [-0.1, -0.05) is 0 Å². The fraction of sp³-hybridized carbons (Fsp3) is 0.538. The highest BCUT2D eigenvalue weighted by atomic mass is 32.1. The quantitative estimate of drug-likeness (QED) is 0.221. The van der Waals surface area contributed by atoms with Gasteiger partial charge in [-0.2, -0.15) is 0 Å². The van der Waals surface area contributed by atoms with E-state index >= 15 is 0 Å². The van der Waals surface area contributed by atoms with Gasteiger partial charge < -0.3 is 39.3 Å². The smallest absolute Gasteiger partial charge is 0.185 e. The molecule has 4 N–H and O–H groups in total. The number of piperazine rings is 2. The molecule has 10 nitrogen and oxygen atoms in total. The number of rotatable bonds is 12. The monoisotopic (exact) mass is 562 g/mol. The van der Waals surface area contributed by atoms with Gasteiger partial charge in [-0.15, -0.1) is 22.7 Å². The van der Waals surface area contributed by atoms with Gasteiger partial charge in [0.05, 0.1) is 52.4 Å². The van der Waals surface area contributed by atoms with Crippen LogP contribution in [0.25, 0.3) is 0 Å². The molecule has 2 fully saturated rings. The third kappa shape index (κ3) is 7.78. The maximum Gasteiger partial charge on any atom is 0.185 e. The van der Waals surface area contributed by atoms with Crippen molar-refractivity contribution in [2.75, 3.05) is 88.5 Å². The number of nitrogens with one attached hydrogen (secondary N) is 2. The van der Waals surface area contributed by atoms with Crippen LogP contribution in [-0.2, 0) is 0 Å². The van der Waals surface area contributed by atoms with Gasteiger partial charge in [0.2, 0.25) is 0 Å². The van der Waals surface area contributed by atoms with Crippen molar-refractivity contribution >= 4 is 32.9 Å². The Hall–Kier alpha value is -2.48. The van der Waals surface area contributed by atoms with E-state index in [2.05, 4.69) is 19.8 Å². The first-order valence-corrected chi connectivity index (χ1v) is 15.1. The lowest BCUT2D eigenvalue weighted by Crippen LogP contribution is -3.16. The normalized spacial score (nSPS) is 18.9. The third-order valence-electron chi connectivity index (χ3n) is 7.08. The zero-order valence-corrected chi connectivity index (χ0v) is 23.2. The highest BCUT2D eigenvalue weighted by Gasteiger charge is 2.25. The summed E-state index contributed by atoms with van der Waals surface area (Å²) in [5.74, 6) is 1.39. The minimum Gasteiger partial charge on any atom is -0.491 e. The number of aliphatic hydroxyl groups is 2. The molecule has 0 bridgehead atoms. The van der Waals surface area contributed by atoms with Gasteiger partial charge in [0.1, 0.15) is 50.0 Å². The molecule has 2 aliphatic rings. The Morgan fingerprint density at radius 3 is 1.45 bits per heavy atom. The molecule has 2 aromatic heterocycles. The maximum absolute atomic E-state index is 10.5. The summed E-state index contributed by atoms with van der Waals surface area (Å²) in [6.07, 6.45) is 2.65. The van der Waals surface area contributed by atoms with Crippen LogP contribution in [-0.4, -0.2) is 111 Å². The van der Waals surface area contributed by atoms with Crippen LogP contribution in [0.1, 0.15) is 0 Å². The summed E-state index contributed by atoms with van der Waals surface area (Å²) >= 11 is 3.35. The van der Waals surface area contributed by atoms with Gasteiger partial charge in [0, 0.05) is 23.2 Å².